The molecule has 0 saturated heterocycles. The maximum atomic E-state index is 12.0. The Labute approximate surface area is 197 Å². The van der Waals surface area contributed by atoms with Crippen LogP contribution in [0.25, 0.3) is 0 Å². The van der Waals surface area contributed by atoms with Crippen molar-refractivity contribution in [3.63, 3.8) is 0 Å². The van der Waals surface area contributed by atoms with Crippen LogP contribution < -0.4 is 15.4 Å². The van der Waals surface area contributed by atoms with Gasteiger partial charge in [0, 0.05) is 39.4 Å². The van der Waals surface area contributed by atoms with Gasteiger partial charge in [-0.15, -0.1) is 0 Å². The van der Waals surface area contributed by atoms with E-state index in [-0.39, 0.29) is 5.91 Å². The van der Waals surface area contributed by atoms with Crippen LogP contribution in [0.3, 0.4) is 0 Å². The second-order valence-corrected chi connectivity index (χ2v) is 9.10. The van der Waals surface area contributed by atoms with Crippen LogP contribution >= 0.6 is 27.5 Å². The monoisotopic (exact) mass is 500 g/mol. The maximum Gasteiger partial charge on any atom is 0.224 e. The molecule has 0 bridgehead atoms. The molecule has 31 heavy (non-hydrogen) atoms. The first-order valence-corrected chi connectivity index (χ1v) is 11.4. The summed E-state index contributed by atoms with van der Waals surface area (Å²) < 4.78 is 7.04. The van der Waals surface area contributed by atoms with E-state index < -0.39 is 0 Å². The number of rotatable bonds is 9. The lowest BCUT2D eigenvalue weighted by atomic mass is 10.1. The summed E-state index contributed by atoms with van der Waals surface area (Å²) in [5.41, 5.74) is 3.78. The summed E-state index contributed by atoms with van der Waals surface area (Å²) in [6.45, 7) is 5.10. The van der Waals surface area contributed by atoms with Crippen LogP contribution in [0, 0.1) is 5.92 Å². The number of halogens is 2. The first-order valence-electron chi connectivity index (χ1n) is 10.2. The normalized spacial score (nSPS) is 10.7. The zero-order valence-corrected chi connectivity index (χ0v) is 20.0. The highest BCUT2D eigenvalue weighted by Crippen LogP contribution is 2.26. The molecule has 0 heterocycles. The van der Waals surface area contributed by atoms with Gasteiger partial charge in [-0.3, -0.25) is 4.79 Å². The van der Waals surface area contributed by atoms with Crippen molar-refractivity contribution in [3.8, 4) is 5.75 Å². The lowest BCUT2D eigenvalue weighted by Gasteiger charge is -2.14. The predicted octanol–water partition coefficient (Wildman–Crippen LogP) is 7.28. The van der Waals surface area contributed by atoms with Crippen LogP contribution in [0.5, 0.6) is 5.75 Å². The Bertz CT molecular complexity index is 1020. The molecule has 0 saturated carbocycles. The molecule has 0 radical (unpaired) electrons. The number of anilines is 2. The number of ether oxygens (including phenoxy) is 1. The Morgan fingerprint density at radius 3 is 2.52 bits per heavy atom. The van der Waals surface area contributed by atoms with Gasteiger partial charge in [0.15, 0.2) is 0 Å². The van der Waals surface area contributed by atoms with Gasteiger partial charge >= 0.3 is 0 Å². The number of nitrogens with one attached hydrogen (secondary N) is 2. The summed E-state index contributed by atoms with van der Waals surface area (Å²) in [4.78, 5) is 12.0. The van der Waals surface area contributed by atoms with E-state index >= 15 is 0 Å². The fraction of sp³-hybridized carbons (Fsp3) is 0.240. The molecule has 0 aliphatic rings. The number of amides is 1. The fourth-order valence-corrected chi connectivity index (χ4v) is 3.59. The minimum absolute atomic E-state index is 0.0250. The Hall–Kier alpha value is -2.50. The van der Waals surface area contributed by atoms with Crippen molar-refractivity contribution >= 4 is 44.8 Å². The van der Waals surface area contributed by atoms with Crippen LogP contribution in [-0.4, -0.2) is 5.91 Å². The molecule has 0 aliphatic heterocycles. The molecule has 0 aromatic heterocycles. The van der Waals surface area contributed by atoms with Crippen molar-refractivity contribution in [2.24, 2.45) is 5.92 Å². The Morgan fingerprint density at radius 2 is 1.77 bits per heavy atom. The smallest absolute Gasteiger partial charge is 0.224 e. The first kappa shape index (κ1) is 23.2. The highest BCUT2D eigenvalue weighted by Gasteiger charge is 2.08. The largest absolute Gasteiger partial charge is 0.489 e. The lowest BCUT2D eigenvalue weighted by molar-refractivity contribution is -0.116. The third kappa shape index (κ3) is 7.60. The Morgan fingerprint density at radius 1 is 1.03 bits per heavy atom. The number of benzene rings is 3. The maximum absolute atomic E-state index is 12.0. The average molecular weight is 502 g/mol. The van der Waals surface area contributed by atoms with Gasteiger partial charge < -0.3 is 15.4 Å². The Kier molecular flexibility index (Phi) is 8.38. The van der Waals surface area contributed by atoms with E-state index in [0.29, 0.717) is 30.5 Å². The van der Waals surface area contributed by atoms with Gasteiger partial charge in [-0.1, -0.05) is 59.6 Å². The molecule has 162 valence electrons. The molecule has 0 atom stereocenters. The van der Waals surface area contributed by atoms with Crippen LogP contribution in [0.4, 0.5) is 11.4 Å². The SMILES string of the molecule is CC(C)CC(=O)Nc1cccc(NCc2cc(Br)ccc2OCc2ccc(Cl)cc2)c1. The number of carbonyl (C=O) groups is 1. The quantitative estimate of drug-likeness (QED) is 0.324. The van der Waals surface area contributed by atoms with Crippen molar-refractivity contribution < 1.29 is 9.53 Å². The molecule has 0 fully saturated rings. The van der Waals surface area contributed by atoms with E-state index in [1.54, 1.807) is 0 Å². The summed E-state index contributed by atoms with van der Waals surface area (Å²) in [7, 11) is 0. The van der Waals surface area contributed by atoms with Crippen LogP contribution in [-0.2, 0) is 17.9 Å². The van der Waals surface area contributed by atoms with E-state index in [9.17, 15) is 4.79 Å². The van der Waals surface area contributed by atoms with Gasteiger partial charge in [0.1, 0.15) is 12.4 Å². The topological polar surface area (TPSA) is 50.4 Å². The zero-order valence-electron chi connectivity index (χ0n) is 17.6. The number of hydrogen-bond acceptors (Lipinski definition) is 3. The molecule has 2 N–H and O–H groups in total. The number of hydrogen-bond donors (Lipinski definition) is 2. The van der Waals surface area contributed by atoms with Gasteiger partial charge in [-0.25, -0.2) is 0 Å². The zero-order chi connectivity index (χ0) is 22.2. The van der Waals surface area contributed by atoms with Gasteiger partial charge in [-0.05, 0) is 60.0 Å². The molecule has 3 rings (SSSR count). The molecule has 0 spiro atoms. The summed E-state index contributed by atoms with van der Waals surface area (Å²) in [5, 5.41) is 7.08. The molecule has 3 aromatic rings. The molecule has 1 amide bonds. The van der Waals surface area contributed by atoms with E-state index in [1.807, 2.05) is 80.6 Å². The van der Waals surface area contributed by atoms with E-state index in [4.69, 9.17) is 16.3 Å². The van der Waals surface area contributed by atoms with Crippen molar-refractivity contribution in [2.45, 2.75) is 33.4 Å². The summed E-state index contributed by atoms with van der Waals surface area (Å²) in [6, 6.07) is 21.3. The highest BCUT2D eigenvalue weighted by atomic mass is 79.9. The Balaban J connectivity index is 1.64. The lowest BCUT2D eigenvalue weighted by Crippen LogP contribution is -2.14. The van der Waals surface area contributed by atoms with Crippen molar-refractivity contribution in [2.75, 3.05) is 10.6 Å². The molecule has 6 heteroatoms. The second-order valence-electron chi connectivity index (χ2n) is 7.75. The minimum atomic E-state index is 0.0250. The predicted molar refractivity (Wildman–Crippen MR) is 132 cm³/mol. The molecule has 3 aromatic carbocycles. The highest BCUT2D eigenvalue weighted by molar-refractivity contribution is 9.10. The molecule has 0 unspecified atom stereocenters. The van der Waals surface area contributed by atoms with E-state index in [0.717, 1.165) is 32.7 Å². The third-order valence-electron chi connectivity index (χ3n) is 4.55. The summed E-state index contributed by atoms with van der Waals surface area (Å²) in [5.74, 6) is 1.16. The van der Waals surface area contributed by atoms with E-state index in [1.165, 1.54) is 0 Å². The van der Waals surface area contributed by atoms with Gasteiger partial charge in [-0.2, -0.15) is 0 Å². The van der Waals surface area contributed by atoms with Crippen molar-refractivity contribution in [1.29, 1.82) is 0 Å². The number of carbonyl (C=O) groups excluding carboxylic acids is 1. The van der Waals surface area contributed by atoms with Crippen LogP contribution in [0.15, 0.2) is 71.2 Å². The van der Waals surface area contributed by atoms with Gasteiger partial charge in [0.05, 0.1) is 0 Å². The molecular weight excluding hydrogens is 476 g/mol. The standard InChI is InChI=1S/C25H26BrClN2O2/c1-17(2)12-25(30)29-23-5-3-4-22(14-23)28-15-19-13-20(26)8-11-24(19)31-16-18-6-9-21(27)10-7-18/h3-11,13-14,17,28H,12,15-16H2,1-2H3,(H,29,30). The third-order valence-corrected chi connectivity index (χ3v) is 5.30. The van der Waals surface area contributed by atoms with Crippen molar-refractivity contribution in [1.82, 2.24) is 0 Å². The average Bonchev–Trinajstić information content (AvgIpc) is 2.72. The van der Waals surface area contributed by atoms with Gasteiger partial charge in [0.25, 0.3) is 0 Å². The molecular formula is C25H26BrClN2O2. The first-order chi connectivity index (χ1) is 14.9. The van der Waals surface area contributed by atoms with Gasteiger partial charge in [0.2, 0.25) is 5.91 Å². The fourth-order valence-electron chi connectivity index (χ4n) is 3.06. The van der Waals surface area contributed by atoms with Crippen LogP contribution in [0.2, 0.25) is 5.02 Å². The van der Waals surface area contributed by atoms with E-state index in [2.05, 4.69) is 26.6 Å². The van der Waals surface area contributed by atoms with Crippen LogP contribution in [0.1, 0.15) is 31.4 Å². The summed E-state index contributed by atoms with van der Waals surface area (Å²) in [6.07, 6.45) is 0.504. The molecule has 4 nitrogen and oxygen atoms in total. The second kappa shape index (κ2) is 11.2. The summed E-state index contributed by atoms with van der Waals surface area (Å²) >= 11 is 9.49. The molecule has 0 aliphatic carbocycles. The minimum Gasteiger partial charge on any atom is -0.489 e. The van der Waals surface area contributed by atoms with Crippen molar-refractivity contribution in [3.05, 3.63) is 87.4 Å².